The number of rotatable bonds is 8. The van der Waals surface area contributed by atoms with E-state index < -0.39 is 46.1 Å². The number of likely N-dealkylation sites (tertiary alicyclic amines) is 1. The van der Waals surface area contributed by atoms with Gasteiger partial charge in [-0.15, -0.1) is 0 Å². The second-order valence-corrected chi connectivity index (χ2v) is 11.0. The Labute approximate surface area is 194 Å². The largest absolute Gasteiger partial charge is 0.487 e. The molecule has 0 aromatic heterocycles. The number of halogens is 1. The minimum absolute atomic E-state index is 0.0881. The summed E-state index contributed by atoms with van der Waals surface area (Å²) in [5.74, 6) is -0.742. The van der Waals surface area contributed by atoms with Crippen molar-refractivity contribution in [3.63, 3.8) is 0 Å². The van der Waals surface area contributed by atoms with Crippen molar-refractivity contribution in [3.8, 4) is 5.75 Å². The number of likely N-dealkylation sites (N-methyl/N-ethyl adjacent to an activating group) is 1. The standard InChI is InChI=1S/C22H33FN4O5S/c1-13(2)19(25-21(28)14(3)24-4)22(29)26-11-10-17-20(26)18(12-27(17)33(5,30)31)32-16-8-6-15(23)7-9-16/h6-9,13-14,17-20,24H,10-12H2,1-5H3,(H,25,28). The van der Waals surface area contributed by atoms with Crippen molar-refractivity contribution in [3.05, 3.63) is 30.1 Å². The summed E-state index contributed by atoms with van der Waals surface area (Å²) >= 11 is 0. The summed E-state index contributed by atoms with van der Waals surface area (Å²) in [6.45, 7) is 5.85. The SMILES string of the molecule is CNC(C)C(=O)NC(C(=O)N1CCC2C1C(Oc1ccc(F)cc1)CN2S(C)(=O)=O)C(C)C. The van der Waals surface area contributed by atoms with E-state index in [0.717, 1.165) is 6.26 Å². The summed E-state index contributed by atoms with van der Waals surface area (Å²) in [6, 6.07) is 3.32. The van der Waals surface area contributed by atoms with Gasteiger partial charge in [0.25, 0.3) is 0 Å². The average molecular weight is 485 g/mol. The molecular weight excluding hydrogens is 451 g/mol. The smallest absolute Gasteiger partial charge is 0.245 e. The molecule has 2 saturated heterocycles. The fraction of sp³-hybridized carbons (Fsp3) is 0.636. The van der Waals surface area contributed by atoms with Gasteiger partial charge in [0.15, 0.2) is 0 Å². The Morgan fingerprint density at radius 3 is 2.36 bits per heavy atom. The minimum atomic E-state index is -3.53. The van der Waals surface area contributed by atoms with Gasteiger partial charge >= 0.3 is 0 Å². The van der Waals surface area contributed by atoms with E-state index in [-0.39, 0.29) is 24.3 Å². The van der Waals surface area contributed by atoms with Crippen LogP contribution in [0.25, 0.3) is 0 Å². The topological polar surface area (TPSA) is 108 Å². The first-order valence-electron chi connectivity index (χ1n) is 11.1. The first kappa shape index (κ1) is 25.4. The predicted molar refractivity (Wildman–Crippen MR) is 122 cm³/mol. The lowest BCUT2D eigenvalue weighted by molar-refractivity contribution is -0.139. The van der Waals surface area contributed by atoms with Gasteiger partial charge in [-0.3, -0.25) is 9.59 Å². The zero-order chi connectivity index (χ0) is 24.5. The summed E-state index contributed by atoms with van der Waals surface area (Å²) in [4.78, 5) is 27.7. The molecule has 2 aliphatic rings. The van der Waals surface area contributed by atoms with Gasteiger partial charge in [0.1, 0.15) is 23.7 Å². The number of benzene rings is 1. The van der Waals surface area contributed by atoms with Crippen molar-refractivity contribution in [2.45, 2.75) is 57.5 Å². The molecule has 5 unspecified atom stereocenters. The normalized spacial score (nSPS) is 25.1. The Hall–Kier alpha value is -2.24. The molecule has 184 valence electrons. The Morgan fingerprint density at radius 2 is 1.82 bits per heavy atom. The van der Waals surface area contributed by atoms with E-state index in [2.05, 4.69) is 10.6 Å². The van der Waals surface area contributed by atoms with Crippen LogP contribution >= 0.6 is 0 Å². The molecule has 2 N–H and O–H groups in total. The summed E-state index contributed by atoms with van der Waals surface area (Å²) in [6.07, 6.45) is 0.991. The number of sulfonamides is 1. The quantitative estimate of drug-likeness (QED) is 0.559. The molecule has 9 nitrogen and oxygen atoms in total. The van der Waals surface area contributed by atoms with Gasteiger partial charge in [0.05, 0.1) is 30.9 Å². The van der Waals surface area contributed by atoms with Crippen LogP contribution in [0.15, 0.2) is 24.3 Å². The van der Waals surface area contributed by atoms with Gasteiger partial charge in [0, 0.05) is 6.54 Å². The number of carbonyl (C=O) groups excluding carboxylic acids is 2. The van der Waals surface area contributed by atoms with Crippen LogP contribution in [0, 0.1) is 11.7 Å². The molecule has 2 aliphatic heterocycles. The lowest BCUT2D eigenvalue weighted by atomic mass is 10.0. The molecule has 0 radical (unpaired) electrons. The van der Waals surface area contributed by atoms with Crippen LogP contribution in [0.1, 0.15) is 27.2 Å². The molecule has 0 bridgehead atoms. The van der Waals surface area contributed by atoms with Gasteiger partial charge in [-0.25, -0.2) is 12.8 Å². The summed E-state index contributed by atoms with van der Waals surface area (Å²) in [5, 5.41) is 5.69. The maximum Gasteiger partial charge on any atom is 0.245 e. The van der Waals surface area contributed by atoms with E-state index in [1.807, 2.05) is 13.8 Å². The Bertz CT molecular complexity index is 972. The maximum atomic E-state index is 13.6. The van der Waals surface area contributed by atoms with E-state index in [0.29, 0.717) is 18.7 Å². The first-order chi connectivity index (χ1) is 15.4. The maximum absolute atomic E-state index is 13.6. The lowest BCUT2D eigenvalue weighted by Gasteiger charge is -2.33. The van der Waals surface area contributed by atoms with Gasteiger partial charge < -0.3 is 20.3 Å². The van der Waals surface area contributed by atoms with E-state index in [9.17, 15) is 22.4 Å². The fourth-order valence-corrected chi connectivity index (χ4v) is 5.66. The predicted octanol–water partition coefficient (Wildman–Crippen LogP) is 0.567. The van der Waals surface area contributed by atoms with Crippen molar-refractivity contribution in [1.29, 1.82) is 0 Å². The van der Waals surface area contributed by atoms with Gasteiger partial charge in [0.2, 0.25) is 21.8 Å². The van der Waals surface area contributed by atoms with Crippen LogP contribution in [0.2, 0.25) is 0 Å². The molecule has 3 rings (SSSR count). The molecule has 0 spiro atoms. The zero-order valence-electron chi connectivity index (χ0n) is 19.6. The Kier molecular flexibility index (Phi) is 7.65. The highest BCUT2D eigenvalue weighted by atomic mass is 32.2. The molecule has 33 heavy (non-hydrogen) atoms. The van der Waals surface area contributed by atoms with Crippen LogP contribution in [-0.4, -0.2) is 86.1 Å². The molecule has 5 atom stereocenters. The van der Waals surface area contributed by atoms with Crippen molar-refractivity contribution >= 4 is 21.8 Å². The molecular formula is C22H33FN4O5S. The molecule has 2 fully saturated rings. The van der Waals surface area contributed by atoms with Gasteiger partial charge in [-0.2, -0.15) is 4.31 Å². The van der Waals surface area contributed by atoms with Crippen molar-refractivity contribution < 1.29 is 27.1 Å². The third-order valence-electron chi connectivity index (χ3n) is 6.40. The average Bonchev–Trinajstić information content (AvgIpc) is 3.33. The van der Waals surface area contributed by atoms with Crippen LogP contribution in [0.5, 0.6) is 5.75 Å². The number of hydrogen-bond acceptors (Lipinski definition) is 6. The number of carbonyl (C=O) groups is 2. The second-order valence-electron chi connectivity index (χ2n) is 9.06. The summed E-state index contributed by atoms with van der Waals surface area (Å²) < 4.78 is 45.6. The van der Waals surface area contributed by atoms with Crippen LogP contribution in [0.3, 0.4) is 0 Å². The molecule has 0 saturated carbocycles. The molecule has 2 amide bonds. The minimum Gasteiger partial charge on any atom is -0.487 e. The van der Waals surface area contributed by atoms with E-state index >= 15 is 0 Å². The number of ether oxygens (including phenoxy) is 1. The number of nitrogens with one attached hydrogen (secondary N) is 2. The highest BCUT2D eigenvalue weighted by Crippen LogP contribution is 2.36. The first-order valence-corrected chi connectivity index (χ1v) is 13.0. The van der Waals surface area contributed by atoms with Crippen LogP contribution in [-0.2, 0) is 19.6 Å². The monoisotopic (exact) mass is 484 g/mol. The molecule has 11 heteroatoms. The zero-order valence-corrected chi connectivity index (χ0v) is 20.4. The third kappa shape index (κ3) is 5.47. The Balaban J connectivity index is 1.87. The van der Waals surface area contributed by atoms with Crippen molar-refractivity contribution in [2.75, 3.05) is 26.4 Å². The highest BCUT2D eigenvalue weighted by molar-refractivity contribution is 7.88. The number of hydrogen-bond donors (Lipinski definition) is 2. The summed E-state index contributed by atoms with van der Waals surface area (Å²) in [7, 11) is -1.87. The van der Waals surface area contributed by atoms with Gasteiger partial charge in [-0.1, -0.05) is 13.8 Å². The van der Waals surface area contributed by atoms with Crippen LogP contribution < -0.4 is 15.4 Å². The molecule has 2 heterocycles. The molecule has 1 aromatic rings. The number of fused-ring (bicyclic) bond motifs is 1. The van der Waals surface area contributed by atoms with E-state index in [1.54, 1.807) is 18.9 Å². The van der Waals surface area contributed by atoms with Crippen molar-refractivity contribution in [2.24, 2.45) is 5.92 Å². The molecule has 0 aliphatic carbocycles. The third-order valence-corrected chi connectivity index (χ3v) is 7.67. The van der Waals surface area contributed by atoms with E-state index in [4.69, 9.17) is 4.74 Å². The summed E-state index contributed by atoms with van der Waals surface area (Å²) in [5.41, 5.74) is 0. The Morgan fingerprint density at radius 1 is 1.18 bits per heavy atom. The second kappa shape index (κ2) is 9.94. The highest BCUT2D eigenvalue weighted by Gasteiger charge is 2.55. The molecule has 1 aromatic carbocycles. The van der Waals surface area contributed by atoms with Crippen LogP contribution in [0.4, 0.5) is 4.39 Å². The van der Waals surface area contributed by atoms with Crippen molar-refractivity contribution in [1.82, 2.24) is 19.8 Å². The van der Waals surface area contributed by atoms with E-state index in [1.165, 1.54) is 28.6 Å². The number of nitrogens with zero attached hydrogens (tertiary/aromatic N) is 2. The fourth-order valence-electron chi connectivity index (χ4n) is 4.52. The lowest BCUT2D eigenvalue weighted by Crippen LogP contribution is -2.57. The van der Waals surface area contributed by atoms with Gasteiger partial charge in [-0.05, 0) is 50.6 Å². The number of amides is 2.